The molecule has 0 heterocycles. The second-order valence-corrected chi connectivity index (χ2v) is 19.8. The van der Waals surface area contributed by atoms with Gasteiger partial charge in [0.15, 0.2) is 0 Å². The van der Waals surface area contributed by atoms with Gasteiger partial charge < -0.3 is 4.57 Å². The highest BCUT2D eigenvalue weighted by molar-refractivity contribution is 7.79. The quantitative estimate of drug-likeness (QED) is 0.141. The van der Waals surface area contributed by atoms with Crippen molar-refractivity contribution >= 4 is 63.3 Å². The van der Waals surface area contributed by atoms with Gasteiger partial charge in [-0.15, -0.1) is 0 Å². The van der Waals surface area contributed by atoms with Gasteiger partial charge in [-0.2, -0.15) is 0 Å². The van der Waals surface area contributed by atoms with Gasteiger partial charge in [0.2, 0.25) is 0 Å². The molecule has 7 aromatic carbocycles. The predicted octanol–water partition coefficient (Wildman–Crippen LogP) is 10.7. The molecule has 0 amide bonds. The Morgan fingerprint density at radius 2 is 0.795 bits per heavy atom. The first-order valence-electron chi connectivity index (χ1n) is 15.0. The summed E-state index contributed by atoms with van der Waals surface area (Å²) in [5.74, 6) is 0. The van der Waals surface area contributed by atoms with E-state index in [0.717, 1.165) is 10.9 Å². The van der Waals surface area contributed by atoms with E-state index in [9.17, 15) is 4.57 Å². The Kier molecular flexibility index (Phi) is 7.01. The number of rotatable bonds is 5. The lowest BCUT2D eigenvalue weighted by atomic mass is 9.84. The van der Waals surface area contributed by atoms with Gasteiger partial charge in [-0.3, -0.25) is 0 Å². The summed E-state index contributed by atoms with van der Waals surface area (Å²) in [4.78, 5) is 0. The first-order chi connectivity index (χ1) is 21.1. The van der Waals surface area contributed by atoms with Gasteiger partial charge in [0, 0.05) is 5.30 Å². The Labute approximate surface area is 260 Å². The summed E-state index contributed by atoms with van der Waals surface area (Å²) in [7, 11) is -2.34. The van der Waals surface area contributed by atoms with Crippen LogP contribution in [0.2, 0.25) is 0 Å². The van der Waals surface area contributed by atoms with Gasteiger partial charge in [0.05, 0.1) is 0 Å². The Hall–Kier alpha value is -4.15. The van der Waals surface area contributed by atoms with Gasteiger partial charge in [-0.1, -0.05) is 147 Å². The van der Waals surface area contributed by atoms with Crippen LogP contribution in [0.25, 0.3) is 65.7 Å². The molecule has 0 aliphatic carbocycles. The molecule has 7 rings (SSSR count). The molecule has 0 aliphatic heterocycles. The van der Waals surface area contributed by atoms with Crippen LogP contribution in [0.3, 0.4) is 0 Å². The average Bonchev–Trinajstić information content (AvgIpc) is 3.02. The highest BCUT2D eigenvalue weighted by Gasteiger charge is 2.19. The van der Waals surface area contributed by atoms with Crippen molar-refractivity contribution in [3.05, 3.63) is 133 Å². The molecule has 0 bridgehead atoms. The Morgan fingerprint density at radius 3 is 1.27 bits per heavy atom. The summed E-state index contributed by atoms with van der Waals surface area (Å²) in [5.41, 5.74) is 7.30. The van der Waals surface area contributed by atoms with E-state index in [1.165, 1.54) is 65.4 Å². The SMILES string of the molecule is C=P(C)(C)c1ccc(-c2ccc(-c3c4ccccc4c(-c4ccc(P(C)(C)=O)cc4)c4ccccc34)c3ccccc23)cc1. The number of hydrogen-bond acceptors (Lipinski definition) is 1. The highest BCUT2D eigenvalue weighted by Crippen LogP contribution is 2.46. The molecular formula is C41H36OP2. The molecule has 0 aromatic heterocycles. The van der Waals surface area contributed by atoms with Crippen LogP contribution in [-0.4, -0.2) is 33.0 Å². The van der Waals surface area contributed by atoms with Crippen LogP contribution >= 0.6 is 14.0 Å². The van der Waals surface area contributed by atoms with Crippen molar-refractivity contribution in [2.75, 3.05) is 26.7 Å². The van der Waals surface area contributed by atoms with Gasteiger partial charge in [-0.25, -0.2) is 0 Å². The monoisotopic (exact) mass is 606 g/mol. The van der Waals surface area contributed by atoms with Crippen molar-refractivity contribution in [2.24, 2.45) is 0 Å². The summed E-state index contributed by atoms with van der Waals surface area (Å²) < 4.78 is 12.8. The van der Waals surface area contributed by atoms with E-state index in [0.29, 0.717) is 0 Å². The van der Waals surface area contributed by atoms with Crippen molar-refractivity contribution in [3.8, 4) is 33.4 Å². The summed E-state index contributed by atoms with van der Waals surface area (Å²) in [5, 5.41) is 9.63. The first-order valence-corrected chi connectivity index (χ1v) is 20.5. The lowest BCUT2D eigenvalue weighted by Crippen LogP contribution is -2.02. The zero-order chi connectivity index (χ0) is 30.6. The second-order valence-electron chi connectivity index (χ2n) is 12.7. The largest absolute Gasteiger partial charge is 0.319 e. The summed E-state index contributed by atoms with van der Waals surface area (Å²) >= 11 is 0. The molecular weight excluding hydrogens is 570 g/mol. The highest BCUT2D eigenvalue weighted by atomic mass is 31.2. The van der Waals surface area contributed by atoms with Crippen molar-refractivity contribution in [3.63, 3.8) is 0 Å². The van der Waals surface area contributed by atoms with Gasteiger partial charge in [-0.05, 0) is 97.7 Å². The molecule has 0 saturated carbocycles. The summed E-state index contributed by atoms with van der Waals surface area (Å²) in [6.07, 6.45) is 4.43. The van der Waals surface area contributed by atoms with Crippen LogP contribution in [0.5, 0.6) is 0 Å². The smallest absolute Gasteiger partial charge is 0.109 e. The van der Waals surface area contributed by atoms with Crippen LogP contribution < -0.4 is 10.6 Å². The molecule has 7 aromatic rings. The van der Waals surface area contributed by atoms with Crippen LogP contribution in [0.15, 0.2) is 133 Å². The van der Waals surface area contributed by atoms with Crippen molar-refractivity contribution in [2.45, 2.75) is 0 Å². The van der Waals surface area contributed by atoms with Crippen LogP contribution in [0.4, 0.5) is 0 Å². The fourth-order valence-electron chi connectivity index (χ4n) is 6.53. The zero-order valence-electron chi connectivity index (χ0n) is 25.7. The maximum Gasteiger partial charge on any atom is 0.109 e. The molecule has 216 valence electrons. The maximum absolute atomic E-state index is 12.8. The van der Waals surface area contributed by atoms with Crippen LogP contribution in [0, 0.1) is 0 Å². The molecule has 0 N–H and O–H groups in total. The Balaban J connectivity index is 1.50. The fourth-order valence-corrected chi connectivity index (χ4v) is 8.35. The molecule has 0 radical (unpaired) electrons. The molecule has 3 heteroatoms. The molecule has 0 aliphatic rings. The topological polar surface area (TPSA) is 17.1 Å². The third-order valence-corrected chi connectivity index (χ3v) is 12.0. The summed E-state index contributed by atoms with van der Waals surface area (Å²) in [6.45, 7) is 6.86. The van der Waals surface area contributed by atoms with E-state index in [-0.39, 0.29) is 0 Å². The van der Waals surface area contributed by atoms with E-state index in [1.54, 1.807) is 0 Å². The van der Waals surface area contributed by atoms with Crippen LogP contribution in [-0.2, 0) is 4.57 Å². The maximum atomic E-state index is 12.8. The minimum atomic E-state index is -2.34. The van der Waals surface area contributed by atoms with Crippen LogP contribution in [0.1, 0.15) is 0 Å². The van der Waals surface area contributed by atoms with E-state index in [4.69, 9.17) is 0 Å². The number of benzene rings is 7. The normalized spacial score (nSPS) is 12.3. The van der Waals surface area contributed by atoms with Gasteiger partial charge in [0.25, 0.3) is 0 Å². The van der Waals surface area contributed by atoms with Crippen molar-refractivity contribution in [1.82, 2.24) is 0 Å². The third kappa shape index (κ3) is 4.95. The summed E-state index contributed by atoms with van der Waals surface area (Å²) in [6, 6.07) is 48.3. The minimum Gasteiger partial charge on any atom is -0.319 e. The molecule has 44 heavy (non-hydrogen) atoms. The molecule has 0 unspecified atom stereocenters. The van der Waals surface area contributed by atoms with Crippen molar-refractivity contribution in [1.29, 1.82) is 0 Å². The van der Waals surface area contributed by atoms with E-state index < -0.39 is 14.0 Å². The number of fused-ring (bicyclic) bond motifs is 3. The fraction of sp³-hybridized carbons (Fsp3) is 0.0976. The van der Waals surface area contributed by atoms with E-state index in [2.05, 4.69) is 141 Å². The standard InChI is InChI=1S/C41H36OP2/c1-43(2,3)30-22-18-28(19-23-30)32-26-27-39(34-13-7-6-12-33(32)34)41-37-16-10-8-14-35(37)40(36-15-9-11-17-38(36)41)29-20-24-31(25-21-29)44(4,5)42/h6-27H,1H2,2-5H3. The Morgan fingerprint density at radius 1 is 0.409 bits per heavy atom. The minimum absolute atomic E-state index is 0.907. The van der Waals surface area contributed by atoms with Gasteiger partial charge in [0.1, 0.15) is 7.14 Å². The number of hydrogen-bond donors (Lipinski definition) is 0. The second kappa shape index (κ2) is 10.8. The van der Waals surface area contributed by atoms with E-state index in [1.807, 2.05) is 25.5 Å². The lowest BCUT2D eigenvalue weighted by molar-refractivity contribution is 0.588. The van der Waals surface area contributed by atoms with Crippen molar-refractivity contribution < 1.29 is 4.57 Å². The predicted molar refractivity (Wildman–Crippen MR) is 200 cm³/mol. The van der Waals surface area contributed by atoms with E-state index >= 15 is 0 Å². The lowest BCUT2D eigenvalue weighted by Gasteiger charge is -2.20. The molecule has 0 atom stereocenters. The molecule has 1 nitrogen and oxygen atoms in total. The molecule has 0 saturated heterocycles. The average molecular weight is 607 g/mol. The molecule has 0 fully saturated rings. The van der Waals surface area contributed by atoms with Gasteiger partial charge >= 0.3 is 0 Å². The molecule has 0 spiro atoms. The Bertz CT molecular complexity index is 2240. The zero-order valence-corrected chi connectivity index (χ0v) is 27.5. The third-order valence-electron chi connectivity index (χ3n) is 8.78. The first kappa shape index (κ1) is 28.6.